The first-order valence-electron chi connectivity index (χ1n) is 7.35. The number of hydrogen-bond donors (Lipinski definition) is 1. The summed E-state index contributed by atoms with van der Waals surface area (Å²) in [6.07, 6.45) is 1.12. The molecule has 1 heterocycles. The van der Waals surface area contributed by atoms with E-state index in [1.54, 1.807) is 0 Å². The van der Waals surface area contributed by atoms with Gasteiger partial charge in [0.2, 0.25) is 0 Å². The molecule has 2 aromatic rings. The van der Waals surface area contributed by atoms with Gasteiger partial charge < -0.3 is 5.32 Å². The highest BCUT2D eigenvalue weighted by Gasteiger charge is 2.10. The van der Waals surface area contributed by atoms with Gasteiger partial charge in [0.05, 0.1) is 0 Å². The van der Waals surface area contributed by atoms with Gasteiger partial charge in [-0.1, -0.05) is 29.8 Å². The van der Waals surface area contributed by atoms with Gasteiger partial charge in [0.15, 0.2) is 0 Å². The first-order valence-corrected chi connectivity index (χ1v) is 8.61. The first kappa shape index (κ1) is 16.5. The van der Waals surface area contributed by atoms with Gasteiger partial charge in [-0.3, -0.25) is 4.90 Å². The summed E-state index contributed by atoms with van der Waals surface area (Å²) in [6, 6.07) is 12.8. The van der Waals surface area contributed by atoms with Crippen molar-refractivity contribution in [2.75, 3.05) is 26.7 Å². The van der Waals surface area contributed by atoms with E-state index in [0.29, 0.717) is 6.04 Å². The maximum Gasteiger partial charge on any atom is 0.0406 e. The van der Waals surface area contributed by atoms with E-state index in [4.69, 9.17) is 11.6 Å². The summed E-state index contributed by atoms with van der Waals surface area (Å²) in [5.74, 6) is 0. The second-order valence-electron chi connectivity index (χ2n) is 5.29. The highest BCUT2D eigenvalue weighted by atomic mass is 35.5. The molecular formula is C17H23ClN2S. The Kier molecular flexibility index (Phi) is 6.71. The minimum Gasteiger partial charge on any atom is -0.315 e. The minimum atomic E-state index is 0.404. The fraction of sp³-hybridized carbons (Fsp3) is 0.412. The van der Waals surface area contributed by atoms with Gasteiger partial charge in [-0.15, -0.1) is 11.3 Å². The highest BCUT2D eigenvalue weighted by Crippen LogP contribution is 2.20. The van der Waals surface area contributed by atoms with Gasteiger partial charge in [0, 0.05) is 35.6 Å². The Bertz CT molecular complexity index is 510. The predicted molar refractivity (Wildman–Crippen MR) is 93.4 cm³/mol. The van der Waals surface area contributed by atoms with Crippen LogP contribution < -0.4 is 5.32 Å². The monoisotopic (exact) mass is 322 g/mol. The van der Waals surface area contributed by atoms with Crippen molar-refractivity contribution in [2.45, 2.75) is 19.4 Å². The van der Waals surface area contributed by atoms with Crippen LogP contribution in [0.15, 0.2) is 41.8 Å². The van der Waals surface area contributed by atoms with E-state index in [0.717, 1.165) is 31.1 Å². The zero-order valence-electron chi connectivity index (χ0n) is 12.7. The number of thiophene rings is 1. The van der Waals surface area contributed by atoms with E-state index in [1.807, 2.05) is 23.5 Å². The zero-order valence-corrected chi connectivity index (χ0v) is 14.3. The maximum absolute atomic E-state index is 5.93. The number of nitrogens with zero attached hydrogens (tertiary/aromatic N) is 1. The van der Waals surface area contributed by atoms with Crippen molar-refractivity contribution < 1.29 is 0 Å². The smallest absolute Gasteiger partial charge is 0.0406 e. The van der Waals surface area contributed by atoms with Crippen LogP contribution in [0.5, 0.6) is 0 Å². The first-order chi connectivity index (χ1) is 10.2. The fourth-order valence-corrected chi connectivity index (χ4v) is 3.07. The molecule has 0 bridgehead atoms. The van der Waals surface area contributed by atoms with Crippen molar-refractivity contribution in [3.05, 3.63) is 57.2 Å². The summed E-state index contributed by atoms with van der Waals surface area (Å²) in [5, 5.41) is 6.44. The molecule has 1 atom stereocenters. The summed E-state index contributed by atoms with van der Waals surface area (Å²) < 4.78 is 0. The number of hydrogen-bond acceptors (Lipinski definition) is 3. The van der Waals surface area contributed by atoms with Crippen LogP contribution in [0, 0.1) is 0 Å². The van der Waals surface area contributed by atoms with E-state index < -0.39 is 0 Å². The molecule has 114 valence electrons. The molecule has 2 nitrogen and oxygen atoms in total. The topological polar surface area (TPSA) is 15.3 Å². The lowest BCUT2D eigenvalue weighted by Crippen LogP contribution is -2.32. The predicted octanol–water partition coefficient (Wildman–Crippen LogP) is 4.23. The van der Waals surface area contributed by atoms with Crippen LogP contribution in [0.3, 0.4) is 0 Å². The molecule has 0 aliphatic rings. The molecule has 4 heteroatoms. The van der Waals surface area contributed by atoms with Crippen LogP contribution in [-0.4, -0.2) is 31.6 Å². The number of halogens is 1. The Balaban J connectivity index is 1.66. The largest absolute Gasteiger partial charge is 0.315 e. The molecule has 2 rings (SSSR count). The Morgan fingerprint density at radius 1 is 1.19 bits per heavy atom. The van der Waals surface area contributed by atoms with Gasteiger partial charge in [-0.2, -0.15) is 0 Å². The lowest BCUT2D eigenvalue weighted by atomic mass is 10.1. The summed E-state index contributed by atoms with van der Waals surface area (Å²) in [7, 11) is 2.17. The number of likely N-dealkylation sites (N-methyl/N-ethyl adjacent to an activating group) is 1. The third-order valence-electron chi connectivity index (χ3n) is 3.78. The molecule has 21 heavy (non-hydrogen) atoms. The number of nitrogens with one attached hydrogen (secondary N) is 1. The van der Waals surface area contributed by atoms with E-state index in [1.165, 1.54) is 10.4 Å². The summed E-state index contributed by atoms with van der Waals surface area (Å²) in [6.45, 7) is 5.33. The molecule has 1 unspecified atom stereocenters. The molecule has 1 aromatic carbocycles. The summed E-state index contributed by atoms with van der Waals surface area (Å²) in [5.41, 5.74) is 1.31. The number of benzene rings is 1. The van der Waals surface area contributed by atoms with Crippen LogP contribution in [0.1, 0.15) is 23.4 Å². The lowest BCUT2D eigenvalue weighted by molar-refractivity contribution is 0.261. The standard InChI is InChI=1S/C17H23ClN2S/c1-14(15-5-7-16(18)8-6-15)20(2)12-11-19-10-9-17-4-3-13-21-17/h3-8,13-14,19H,9-12H2,1-2H3. The Hall–Kier alpha value is -0.870. The molecule has 0 aliphatic carbocycles. The summed E-state index contributed by atoms with van der Waals surface area (Å²) in [4.78, 5) is 3.81. The van der Waals surface area contributed by atoms with Crippen molar-refractivity contribution in [3.8, 4) is 0 Å². The molecule has 0 aliphatic heterocycles. The van der Waals surface area contributed by atoms with E-state index in [2.05, 4.69) is 53.8 Å². The minimum absolute atomic E-state index is 0.404. The van der Waals surface area contributed by atoms with Crippen molar-refractivity contribution in [1.82, 2.24) is 10.2 Å². The molecule has 0 amide bonds. The molecule has 0 saturated heterocycles. The van der Waals surface area contributed by atoms with Crippen molar-refractivity contribution in [1.29, 1.82) is 0 Å². The molecule has 0 radical (unpaired) electrons. The van der Waals surface area contributed by atoms with Gasteiger partial charge in [-0.25, -0.2) is 0 Å². The molecule has 0 saturated carbocycles. The Morgan fingerprint density at radius 2 is 1.95 bits per heavy atom. The molecular weight excluding hydrogens is 300 g/mol. The van der Waals surface area contributed by atoms with Crippen LogP contribution in [0.2, 0.25) is 5.02 Å². The highest BCUT2D eigenvalue weighted by molar-refractivity contribution is 7.09. The SMILES string of the molecule is CC(c1ccc(Cl)cc1)N(C)CCNCCc1cccs1. The van der Waals surface area contributed by atoms with Gasteiger partial charge in [-0.05, 0) is 49.5 Å². The second kappa shape index (κ2) is 8.54. The van der Waals surface area contributed by atoms with Crippen molar-refractivity contribution in [2.24, 2.45) is 0 Å². The van der Waals surface area contributed by atoms with Gasteiger partial charge in [0.25, 0.3) is 0 Å². The normalized spacial score (nSPS) is 12.8. The van der Waals surface area contributed by atoms with Crippen LogP contribution in [0.25, 0.3) is 0 Å². The fourth-order valence-electron chi connectivity index (χ4n) is 2.24. The second-order valence-corrected chi connectivity index (χ2v) is 6.76. The molecule has 1 N–H and O–H groups in total. The number of rotatable bonds is 8. The van der Waals surface area contributed by atoms with E-state index >= 15 is 0 Å². The average molecular weight is 323 g/mol. The van der Waals surface area contributed by atoms with Crippen molar-refractivity contribution >= 4 is 22.9 Å². The maximum atomic E-state index is 5.93. The Labute approximate surface area is 136 Å². The molecule has 1 aromatic heterocycles. The third kappa shape index (κ3) is 5.44. The zero-order chi connectivity index (χ0) is 15.1. The average Bonchev–Trinajstić information content (AvgIpc) is 3.00. The van der Waals surface area contributed by atoms with E-state index in [-0.39, 0.29) is 0 Å². The van der Waals surface area contributed by atoms with Crippen LogP contribution in [-0.2, 0) is 6.42 Å². The quantitative estimate of drug-likeness (QED) is 0.732. The lowest BCUT2D eigenvalue weighted by Gasteiger charge is -2.25. The Morgan fingerprint density at radius 3 is 2.62 bits per heavy atom. The van der Waals surface area contributed by atoms with Crippen molar-refractivity contribution in [3.63, 3.8) is 0 Å². The van der Waals surface area contributed by atoms with E-state index in [9.17, 15) is 0 Å². The van der Waals surface area contributed by atoms with Gasteiger partial charge >= 0.3 is 0 Å². The van der Waals surface area contributed by atoms with Gasteiger partial charge in [0.1, 0.15) is 0 Å². The third-order valence-corrected chi connectivity index (χ3v) is 4.97. The van der Waals surface area contributed by atoms with Crippen LogP contribution in [0.4, 0.5) is 0 Å². The summed E-state index contributed by atoms with van der Waals surface area (Å²) >= 11 is 7.76. The molecule has 0 spiro atoms. The van der Waals surface area contributed by atoms with Crippen LogP contribution >= 0.6 is 22.9 Å². The molecule has 0 fully saturated rings.